The maximum atomic E-state index is 8.74. The zero-order chi connectivity index (χ0) is 13.6. The van der Waals surface area contributed by atoms with Gasteiger partial charge in [-0.25, -0.2) is 0 Å². The standard InChI is InChI=1S/C15H21BrN2/c1-15(2,3)12-18(9-5-8-17)11-13-6-4-7-14(16)10-13/h4,6-7,10H,5,9,11-12H2,1-3H3. The number of hydrogen-bond acceptors (Lipinski definition) is 2. The van der Waals surface area contributed by atoms with E-state index in [2.05, 4.69) is 65.9 Å². The van der Waals surface area contributed by atoms with Crippen LogP contribution in [0.4, 0.5) is 0 Å². The van der Waals surface area contributed by atoms with Crippen molar-refractivity contribution in [1.82, 2.24) is 4.90 Å². The topological polar surface area (TPSA) is 27.0 Å². The summed E-state index contributed by atoms with van der Waals surface area (Å²) in [6, 6.07) is 10.6. The van der Waals surface area contributed by atoms with Gasteiger partial charge < -0.3 is 0 Å². The van der Waals surface area contributed by atoms with Crippen molar-refractivity contribution in [3.05, 3.63) is 34.3 Å². The summed E-state index contributed by atoms with van der Waals surface area (Å²) in [4.78, 5) is 2.35. The van der Waals surface area contributed by atoms with Crippen LogP contribution in [0.1, 0.15) is 32.8 Å². The third-order valence-corrected chi connectivity index (χ3v) is 3.03. The Balaban J connectivity index is 2.69. The van der Waals surface area contributed by atoms with Crippen molar-refractivity contribution in [2.45, 2.75) is 33.7 Å². The fourth-order valence-corrected chi connectivity index (χ4v) is 2.43. The highest BCUT2D eigenvalue weighted by molar-refractivity contribution is 9.10. The molecule has 1 aromatic rings. The van der Waals surface area contributed by atoms with Crippen molar-refractivity contribution < 1.29 is 0 Å². The zero-order valence-corrected chi connectivity index (χ0v) is 13.0. The molecule has 0 radical (unpaired) electrons. The Morgan fingerprint density at radius 1 is 1.33 bits per heavy atom. The first kappa shape index (κ1) is 15.2. The third-order valence-electron chi connectivity index (χ3n) is 2.53. The summed E-state index contributed by atoms with van der Waals surface area (Å²) in [5.41, 5.74) is 1.54. The Labute approximate surface area is 119 Å². The summed E-state index contributed by atoms with van der Waals surface area (Å²) in [5, 5.41) is 8.74. The average Bonchev–Trinajstić information content (AvgIpc) is 2.24. The van der Waals surface area contributed by atoms with E-state index in [0.717, 1.165) is 24.1 Å². The number of halogens is 1. The van der Waals surface area contributed by atoms with E-state index in [1.807, 2.05) is 6.07 Å². The van der Waals surface area contributed by atoms with Gasteiger partial charge in [-0.05, 0) is 23.1 Å². The minimum absolute atomic E-state index is 0.251. The molecule has 0 saturated heterocycles. The summed E-state index contributed by atoms with van der Waals surface area (Å²) in [5.74, 6) is 0. The van der Waals surface area contributed by atoms with Crippen LogP contribution in [0.25, 0.3) is 0 Å². The van der Waals surface area contributed by atoms with Gasteiger partial charge in [0.05, 0.1) is 6.07 Å². The first-order valence-electron chi connectivity index (χ1n) is 6.24. The fraction of sp³-hybridized carbons (Fsp3) is 0.533. The van der Waals surface area contributed by atoms with E-state index in [-0.39, 0.29) is 5.41 Å². The van der Waals surface area contributed by atoms with Crippen molar-refractivity contribution >= 4 is 15.9 Å². The van der Waals surface area contributed by atoms with Crippen LogP contribution >= 0.6 is 15.9 Å². The van der Waals surface area contributed by atoms with E-state index in [9.17, 15) is 0 Å². The van der Waals surface area contributed by atoms with E-state index in [4.69, 9.17) is 5.26 Å². The molecule has 0 amide bonds. The molecular formula is C15H21BrN2. The highest BCUT2D eigenvalue weighted by Gasteiger charge is 2.16. The van der Waals surface area contributed by atoms with E-state index in [0.29, 0.717) is 6.42 Å². The van der Waals surface area contributed by atoms with Crippen LogP contribution in [0.5, 0.6) is 0 Å². The molecule has 0 bridgehead atoms. The highest BCUT2D eigenvalue weighted by Crippen LogP contribution is 2.19. The third kappa shape index (κ3) is 6.18. The average molecular weight is 309 g/mol. The molecule has 2 nitrogen and oxygen atoms in total. The van der Waals surface area contributed by atoms with Crippen LogP contribution in [0.2, 0.25) is 0 Å². The molecule has 0 fully saturated rings. The van der Waals surface area contributed by atoms with Crippen LogP contribution in [0.3, 0.4) is 0 Å². The predicted molar refractivity (Wildman–Crippen MR) is 79.1 cm³/mol. The zero-order valence-electron chi connectivity index (χ0n) is 11.4. The molecule has 0 spiro atoms. The molecule has 1 rings (SSSR count). The van der Waals surface area contributed by atoms with Crippen molar-refractivity contribution in [2.24, 2.45) is 5.41 Å². The second kappa shape index (κ2) is 6.92. The number of hydrogen-bond donors (Lipinski definition) is 0. The van der Waals surface area contributed by atoms with Gasteiger partial charge in [0.1, 0.15) is 0 Å². The lowest BCUT2D eigenvalue weighted by Crippen LogP contribution is -2.33. The molecule has 0 aliphatic carbocycles. The first-order chi connectivity index (χ1) is 8.40. The van der Waals surface area contributed by atoms with Crippen LogP contribution in [-0.4, -0.2) is 18.0 Å². The van der Waals surface area contributed by atoms with Crippen LogP contribution in [0.15, 0.2) is 28.7 Å². The van der Waals surface area contributed by atoms with E-state index in [1.165, 1.54) is 5.56 Å². The monoisotopic (exact) mass is 308 g/mol. The molecule has 0 atom stereocenters. The van der Waals surface area contributed by atoms with Crippen molar-refractivity contribution in [3.8, 4) is 6.07 Å². The largest absolute Gasteiger partial charge is 0.298 e. The van der Waals surface area contributed by atoms with E-state index >= 15 is 0 Å². The molecule has 3 heteroatoms. The van der Waals surface area contributed by atoms with Gasteiger partial charge in [-0.2, -0.15) is 5.26 Å². The Kier molecular flexibility index (Phi) is 5.84. The molecule has 0 saturated carbocycles. The van der Waals surface area contributed by atoms with Crippen molar-refractivity contribution in [2.75, 3.05) is 13.1 Å². The van der Waals surface area contributed by atoms with Gasteiger partial charge in [0, 0.05) is 30.5 Å². The number of benzene rings is 1. The van der Waals surface area contributed by atoms with Gasteiger partial charge in [0.15, 0.2) is 0 Å². The maximum absolute atomic E-state index is 8.74. The SMILES string of the molecule is CC(C)(C)CN(CCC#N)Cc1cccc(Br)c1. The predicted octanol–water partition coefficient (Wildman–Crippen LogP) is 4.21. The van der Waals surface area contributed by atoms with Gasteiger partial charge in [0.2, 0.25) is 0 Å². The van der Waals surface area contributed by atoms with Crippen molar-refractivity contribution in [1.29, 1.82) is 5.26 Å². The summed E-state index contributed by atoms with van der Waals surface area (Å²) >= 11 is 3.50. The second-order valence-corrected chi connectivity index (χ2v) is 6.73. The van der Waals surface area contributed by atoms with Crippen LogP contribution < -0.4 is 0 Å². The molecule has 0 heterocycles. The highest BCUT2D eigenvalue weighted by atomic mass is 79.9. The normalized spacial score (nSPS) is 11.6. The van der Waals surface area contributed by atoms with Gasteiger partial charge in [-0.15, -0.1) is 0 Å². The number of rotatable bonds is 5. The molecule has 0 aliphatic heterocycles. The lowest BCUT2D eigenvalue weighted by atomic mass is 9.95. The van der Waals surface area contributed by atoms with E-state index in [1.54, 1.807) is 0 Å². The fourth-order valence-electron chi connectivity index (χ4n) is 1.99. The van der Waals surface area contributed by atoms with Crippen LogP contribution in [-0.2, 0) is 6.54 Å². The molecule has 18 heavy (non-hydrogen) atoms. The smallest absolute Gasteiger partial charge is 0.0635 e. The minimum Gasteiger partial charge on any atom is -0.298 e. The summed E-state index contributed by atoms with van der Waals surface area (Å²) < 4.78 is 1.11. The minimum atomic E-state index is 0.251. The summed E-state index contributed by atoms with van der Waals surface area (Å²) in [6.45, 7) is 9.42. The molecule has 0 aliphatic rings. The molecule has 1 aromatic carbocycles. The Hall–Kier alpha value is -0.850. The molecular weight excluding hydrogens is 288 g/mol. The van der Waals surface area contributed by atoms with Crippen LogP contribution in [0, 0.1) is 16.7 Å². The molecule has 0 unspecified atom stereocenters. The lowest BCUT2D eigenvalue weighted by Gasteiger charge is -2.29. The second-order valence-electron chi connectivity index (χ2n) is 5.81. The molecule has 98 valence electrons. The first-order valence-corrected chi connectivity index (χ1v) is 7.04. The summed E-state index contributed by atoms with van der Waals surface area (Å²) in [7, 11) is 0. The van der Waals surface area contributed by atoms with Gasteiger partial charge in [-0.1, -0.05) is 48.8 Å². The Morgan fingerprint density at radius 3 is 2.61 bits per heavy atom. The van der Waals surface area contributed by atoms with Crippen molar-refractivity contribution in [3.63, 3.8) is 0 Å². The Morgan fingerprint density at radius 2 is 2.06 bits per heavy atom. The van der Waals surface area contributed by atoms with E-state index < -0.39 is 0 Å². The summed E-state index contributed by atoms with van der Waals surface area (Å²) in [6.07, 6.45) is 0.587. The lowest BCUT2D eigenvalue weighted by molar-refractivity contribution is 0.187. The number of nitrogens with zero attached hydrogens (tertiary/aromatic N) is 2. The van der Waals surface area contributed by atoms with Gasteiger partial charge in [0.25, 0.3) is 0 Å². The van der Waals surface area contributed by atoms with Gasteiger partial charge in [-0.3, -0.25) is 4.90 Å². The quantitative estimate of drug-likeness (QED) is 0.814. The Bertz CT molecular complexity index is 415. The molecule has 0 N–H and O–H groups in total. The maximum Gasteiger partial charge on any atom is 0.0635 e. The van der Waals surface area contributed by atoms with Gasteiger partial charge >= 0.3 is 0 Å². The molecule has 0 aromatic heterocycles. The number of nitriles is 1.